The molecule has 0 heterocycles. The highest BCUT2D eigenvalue weighted by atomic mass is 15.1. The fourth-order valence-electron chi connectivity index (χ4n) is 2.88. The second-order valence-corrected chi connectivity index (χ2v) is 7.39. The quantitative estimate of drug-likeness (QED) is 0.350. The largest absolute Gasteiger partial charge is 0.378 e. The average molecular weight is 296 g/mol. The highest BCUT2D eigenvalue weighted by molar-refractivity contribution is 4.96. The van der Waals surface area contributed by atoms with Crippen molar-refractivity contribution in [3.8, 4) is 0 Å². The van der Waals surface area contributed by atoms with Crippen molar-refractivity contribution >= 4 is 0 Å². The van der Waals surface area contributed by atoms with E-state index in [0.717, 1.165) is 18.4 Å². The van der Waals surface area contributed by atoms with Crippen LogP contribution in [0.2, 0.25) is 0 Å². The van der Waals surface area contributed by atoms with Gasteiger partial charge in [-0.2, -0.15) is 0 Å². The zero-order valence-corrected chi connectivity index (χ0v) is 15.8. The number of hydrogen-bond donors (Lipinski definition) is 0. The van der Waals surface area contributed by atoms with Crippen LogP contribution in [0.4, 0.5) is 0 Å². The Morgan fingerprint density at radius 2 is 1.38 bits per heavy atom. The molecule has 0 aromatic heterocycles. The first kappa shape index (κ1) is 20.5. The molecule has 0 radical (unpaired) electrons. The monoisotopic (exact) mass is 295 g/mol. The predicted octanol–water partition coefficient (Wildman–Crippen LogP) is 6.50. The van der Waals surface area contributed by atoms with Crippen molar-refractivity contribution in [2.75, 3.05) is 13.6 Å². The van der Waals surface area contributed by atoms with Gasteiger partial charge in [-0.25, -0.2) is 0 Å². The van der Waals surface area contributed by atoms with Gasteiger partial charge >= 0.3 is 0 Å². The van der Waals surface area contributed by atoms with Crippen LogP contribution in [0, 0.1) is 17.8 Å². The van der Waals surface area contributed by atoms with E-state index in [1.807, 2.05) is 0 Å². The summed E-state index contributed by atoms with van der Waals surface area (Å²) in [6.45, 7) is 16.9. The Kier molecular flexibility index (Phi) is 11.9. The van der Waals surface area contributed by atoms with E-state index in [0.29, 0.717) is 5.92 Å². The lowest BCUT2D eigenvalue weighted by Gasteiger charge is -2.30. The molecule has 0 aliphatic heterocycles. The molecule has 1 nitrogen and oxygen atoms in total. The number of nitrogens with zero attached hydrogens (tertiary/aromatic N) is 1. The zero-order valence-electron chi connectivity index (χ0n) is 15.8. The normalized spacial score (nSPS) is 14.2. The van der Waals surface area contributed by atoms with Gasteiger partial charge in [-0.05, 0) is 17.8 Å². The Bertz CT molecular complexity index is 257. The molecule has 0 amide bonds. The molecular formula is C20H41N. The standard InChI is InChI=1S/C20H41N/c1-8-9-10-11-12-13-14-15-18(4)19(5)16-21(7)20(6)17(2)3/h17-19H,6,8-16H2,1-5,7H3. The van der Waals surface area contributed by atoms with Gasteiger partial charge in [-0.3, -0.25) is 0 Å². The summed E-state index contributed by atoms with van der Waals surface area (Å²) in [7, 11) is 2.19. The van der Waals surface area contributed by atoms with E-state index < -0.39 is 0 Å². The van der Waals surface area contributed by atoms with Crippen LogP contribution in [-0.4, -0.2) is 18.5 Å². The maximum absolute atomic E-state index is 4.20. The summed E-state index contributed by atoms with van der Waals surface area (Å²) in [5, 5.41) is 0. The molecule has 2 unspecified atom stereocenters. The minimum Gasteiger partial charge on any atom is -0.378 e. The second kappa shape index (κ2) is 12.1. The molecule has 0 spiro atoms. The van der Waals surface area contributed by atoms with Gasteiger partial charge in [-0.15, -0.1) is 0 Å². The fourth-order valence-corrected chi connectivity index (χ4v) is 2.88. The lowest BCUT2D eigenvalue weighted by molar-refractivity contribution is 0.254. The number of unbranched alkanes of at least 4 members (excludes halogenated alkanes) is 6. The summed E-state index contributed by atoms with van der Waals surface area (Å²) in [5.41, 5.74) is 1.27. The molecule has 0 aromatic carbocycles. The minimum atomic E-state index is 0.556. The van der Waals surface area contributed by atoms with Crippen LogP contribution >= 0.6 is 0 Å². The summed E-state index contributed by atoms with van der Waals surface area (Å²) in [6.07, 6.45) is 11.3. The van der Waals surface area contributed by atoms with E-state index in [1.165, 1.54) is 57.1 Å². The first-order valence-electron chi connectivity index (χ1n) is 9.30. The smallest absolute Gasteiger partial charge is 0.0199 e. The Labute approximate surface area is 135 Å². The molecule has 21 heavy (non-hydrogen) atoms. The number of allylic oxidation sites excluding steroid dienone is 1. The molecule has 0 bridgehead atoms. The van der Waals surface area contributed by atoms with E-state index in [2.05, 4.69) is 53.1 Å². The molecule has 1 heteroatoms. The second-order valence-electron chi connectivity index (χ2n) is 7.39. The van der Waals surface area contributed by atoms with Crippen LogP contribution in [0.5, 0.6) is 0 Å². The molecule has 0 fully saturated rings. The third-order valence-electron chi connectivity index (χ3n) is 4.95. The van der Waals surface area contributed by atoms with Crippen LogP contribution in [-0.2, 0) is 0 Å². The summed E-state index contributed by atoms with van der Waals surface area (Å²) >= 11 is 0. The van der Waals surface area contributed by atoms with E-state index in [1.54, 1.807) is 0 Å². The van der Waals surface area contributed by atoms with Gasteiger partial charge in [0.15, 0.2) is 0 Å². The van der Waals surface area contributed by atoms with Crippen LogP contribution in [0.15, 0.2) is 12.3 Å². The average Bonchev–Trinajstić information content (AvgIpc) is 2.44. The molecule has 0 N–H and O–H groups in total. The fraction of sp³-hybridized carbons (Fsp3) is 0.900. The summed E-state index contributed by atoms with van der Waals surface area (Å²) in [5.74, 6) is 2.13. The van der Waals surface area contributed by atoms with Gasteiger partial charge < -0.3 is 4.90 Å². The van der Waals surface area contributed by atoms with Crippen LogP contribution in [0.1, 0.15) is 86.0 Å². The maximum atomic E-state index is 4.20. The van der Waals surface area contributed by atoms with E-state index in [-0.39, 0.29) is 0 Å². The van der Waals surface area contributed by atoms with Gasteiger partial charge in [0.2, 0.25) is 0 Å². The summed E-state index contributed by atoms with van der Waals surface area (Å²) in [4.78, 5) is 2.36. The van der Waals surface area contributed by atoms with Crippen LogP contribution < -0.4 is 0 Å². The van der Waals surface area contributed by atoms with Crippen LogP contribution in [0.25, 0.3) is 0 Å². The van der Waals surface area contributed by atoms with E-state index >= 15 is 0 Å². The Balaban J connectivity index is 3.75. The van der Waals surface area contributed by atoms with Crippen molar-refractivity contribution in [3.63, 3.8) is 0 Å². The number of hydrogen-bond acceptors (Lipinski definition) is 1. The van der Waals surface area contributed by atoms with Crippen molar-refractivity contribution in [2.45, 2.75) is 86.0 Å². The zero-order chi connectivity index (χ0) is 16.3. The van der Waals surface area contributed by atoms with E-state index in [9.17, 15) is 0 Å². The van der Waals surface area contributed by atoms with Gasteiger partial charge in [0.25, 0.3) is 0 Å². The van der Waals surface area contributed by atoms with Gasteiger partial charge in [0.05, 0.1) is 0 Å². The van der Waals surface area contributed by atoms with Crippen molar-refractivity contribution in [3.05, 3.63) is 12.3 Å². The predicted molar refractivity (Wildman–Crippen MR) is 97.5 cm³/mol. The molecule has 0 aliphatic rings. The molecule has 0 aromatic rings. The first-order valence-corrected chi connectivity index (χ1v) is 9.30. The van der Waals surface area contributed by atoms with Crippen molar-refractivity contribution < 1.29 is 0 Å². The molecular weight excluding hydrogens is 254 g/mol. The van der Waals surface area contributed by atoms with Crippen LogP contribution in [0.3, 0.4) is 0 Å². The molecule has 0 saturated carbocycles. The van der Waals surface area contributed by atoms with E-state index in [4.69, 9.17) is 0 Å². The van der Waals surface area contributed by atoms with Gasteiger partial charge in [0, 0.05) is 19.3 Å². The maximum Gasteiger partial charge on any atom is 0.0199 e. The van der Waals surface area contributed by atoms with Gasteiger partial charge in [0.1, 0.15) is 0 Å². The lowest BCUT2D eigenvalue weighted by atomic mass is 9.90. The first-order chi connectivity index (χ1) is 9.90. The van der Waals surface area contributed by atoms with Crippen molar-refractivity contribution in [1.82, 2.24) is 4.90 Å². The summed E-state index contributed by atoms with van der Waals surface area (Å²) in [6, 6.07) is 0. The highest BCUT2D eigenvalue weighted by Gasteiger charge is 2.15. The summed E-state index contributed by atoms with van der Waals surface area (Å²) < 4.78 is 0. The molecule has 0 rings (SSSR count). The molecule has 0 saturated heterocycles. The highest BCUT2D eigenvalue weighted by Crippen LogP contribution is 2.22. The minimum absolute atomic E-state index is 0.556. The third kappa shape index (κ3) is 9.98. The van der Waals surface area contributed by atoms with Crippen molar-refractivity contribution in [1.29, 1.82) is 0 Å². The van der Waals surface area contributed by atoms with Crippen molar-refractivity contribution in [2.24, 2.45) is 17.8 Å². The Hall–Kier alpha value is -0.460. The third-order valence-corrected chi connectivity index (χ3v) is 4.95. The number of rotatable bonds is 13. The van der Waals surface area contributed by atoms with Gasteiger partial charge in [-0.1, -0.05) is 92.6 Å². The molecule has 126 valence electrons. The Morgan fingerprint density at radius 3 is 1.90 bits per heavy atom. The SMILES string of the molecule is C=C(C(C)C)N(C)CC(C)C(C)CCCCCCCCC. The molecule has 0 aliphatic carbocycles. The molecule has 2 atom stereocenters. The topological polar surface area (TPSA) is 3.24 Å². The lowest BCUT2D eigenvalue weighted by Crippen LogP contribution is -2.28. The Morgan fingerprint density at radius 1 is 0.857 bits per heavy atom.